The molecule has 0 spiro atoms. The molecule has 0 fully saturated rings. The van der Waals surface area contributed by atoms with Crippen LogP contribution in [0.2, 0.25) is 0 Å². The van der Waals surface area contributed by atoms with Gasteiger partial charge in [0.2, 0.25) is 0 Å². The Morgan fingerprint density at radius 2 is 2.05 bits per heavy atom. The number of hydrogen-bond donors (Lipinski definition) is 1. The maximum Gasteiger partial charge on any atom is 0.308 e. The van der Waals surface area contributed by atoms with Crippen LogP contribution >= 0.6 is 11.8 Å². The van der Waals surface area contributed by atoms with Gasteiger partial charge < -0.3 is 9.72 Å². The first-order valence-corrected chi connectivity index (χ1v) is 7.60. The molecule has 0 bridgehead atoms. The molecule has 20 heavy (non-hydrogen) atoms. The number of carbonyl (C=O) groups is 1. The van der Waals surface area contributed by atoms with Crippen LogP contribution in [0.4, 0.5) is 0 Å². The number of aromatic amines is 1. The lowest BCUT2D eigenvalue weighted by Crippen LogP contribution is -2.03. The number of thioether (sulfide) groups is 1. The highest BCUT2D eigenvalue weighted by atomic mass is 32.2. The van der Waals surface area contributed by atoms with Crippen LogP contribution in [0.25, 0.3) is 21.8 Å². The molecule has 4 heteroatoms. The zero-order valence-corrected chi connectivity index (χ0v) is 12.4. The van der Waals surface area contributed by atoms with E-state index in [0.717, 1.165) is 21.5 Å². The second kappa shape index (κ2) is 4.87. The Kier molecular flexibility index (Phi) is 3.18. The summed E-state index contributed by atoms with van der Waals surface area (Å²) in [4.78, 5) is 15.7. The second-order valence-electron chi connectivity index (χ2n) is 4.74. The van der Waals surface area contributed by atoms with Crippen LogP contribution in [0.15, 0.2) is 35.2 Å². The Bertz CT molecular complexity index is 820. The lowest BCUT2D eigenvalue weighted by atomic mass is 10.1. The quantitative estimate of drug-likeness (QED) is 0.434. The summed E-state index contributed by atoms with van der Waals surface area (Å²) in [7, 11) is 0. The molecular weight excluding hydrogens is 270 g/mol. The first-order chi connectivity index (χ1) is 9.61. The van der Waals surface area contributed by atoms with E-state index in [-0.39, 0.29) is 5.97 Å². The predicted octanol–water partition coefficient (Wildman–Crippen LogP) is 4.28. The van der Waals surface area contributed by atoms with Crippen molar-refractivity contribution in [2.45, 2.75) is 18.7 Å². The molecule has 1 N–H and O–H groups in total. The van der Waals surface area contributed by atoms with Gasteiger partial charge in [0.15, 0.2) is 0 Å². The van der Waals surface area contributed by atoms with Crippen LogP contribution in [0.5, 0.6) is 5.75 Å². The molecule has 3 rings (SSSR count). The second-order valence-corrected chi connectivity index (χ2v) is 5.56. The van der Waals surface area contributed by atoms with Gasteiger partial charge in [-0.25, -0.2) is 0 Å². The Morgan fingerprint density at radius 3 is 2.75 bits per heavy atom. The van der Waals surface area contributed by atoms with Gasteiger partial charge >= 0.3 is 5.97 Å². The van der Waals surface area contributed by atoms with Crippen molar-refractivity contribution in [3.8, 4) is 5.75 Å². The van der Waals surface area contributed by atoms with Crippen molar-refractivity contribution in [3.63, 3.8) is 0 Å². The summed E-state index contributed by atoms with van der Waals surface area (Å²) >= 11 is 1.58. The number of rotatable bonds is 2. The van der Waals surface area contributed by atoms with Crippen LogP contribution in [-0.2, 0) is 4.79 Å². The Labute approximate surface area is 121 Å². The lowest BCUT2D eigenvalue weighted by molar-refractivity contribution is -0.132. The molecule has 3 aromatic rings. The Morgan fingerprint density at radius 1 is 1.30 bits per heavy atom. The molecule has 0 aliphatic heterocycles. The number of H-pyrrole nitrogens is 1. The van der Waals surface area contributed by atoms with Crippen molar-refractivity contribution < 1.29 is 9.53 Å². The van der Waals surface area contributed by atoms with E-state index in [1.54, 1.807) is 11.8 Å². The highest BCUT2D eigenvalue weighted by molar-refractivity contribution is 7.99. The zero-order valence-electron chi connectivity index (χ0n) is 11.6. The molecule has 0 saturated carbocycles. The standard InChI is InChI=1S/C16H15NO2S/c1-9-8-13(19-10(2)18)16(20-3)15-14(9)11-6-4-5-7-12(11)17-15/h4-8,17H,1-3H3. The SMILES string of the molecule is CSc1c(OC(C)=O)cc(C)c2c1[nH]c1ccccc12. The Hall–Kier alpha value is -1.94. The van der Waals surface area contributed by atoms with Crippen molar-refractivity contribution in [3.05, 3.63) is 35.9 Å². The molecule has 3 nitrogen and oxygen atoms in total. The molecule has 0 aliphatic rings. The third-order valence-electron chi connectivity index (χ3n) is 3.36. The molecule has 0 atom stereocenters. The van der Waals surface area contributed by atoms with Gasteiger partial charge in [0.05, 0.1) is 10.4 Å². The maximum absolute atomic E-state index is 11.3. The molecule has 0 unspecified atom stereocenters. The molecule has 1 aromatic heterocycles. The number of ether oxygens (including phenoxy) is 1. The number of carbonyl (C=O) groups excluding carboxylic acids is 1. The molecule has 0 radical (unpaired) electrons. The molecule has 2 aromatic carbocycles. The molecule has 1 heterocycles. The van der Waals surface area contributed by atoms with Crippen molar-refractivity contribution in [1.82, 2.24) is 4.98 Å². The number of aromatic nitrogens is 1. The number of hydrogen-bond acceptors (Lipinski definition) is 3. The summed E-state index contributed by atoms with van der Waals surface area (Å²) in [6.07, 6.45) is 1.99. The summed E-state index contributed by atoms with van der Waals surface area (Å²) in [6.45, 7) is 3.47. The van der Waals surface area contributed by atoms with E-state index in [1.165, 1.54) is 17.7 Å². The lowest BCUT2D eigenvalue weighted by Gasteiger charge is -2.10. The van der Waals surface area contributed by atoms with E-state index < -0.39 is 0 Å². The zero-order chi connectivity index (χ0) is 14.3. The van der Waals surface area contributed by atoms with Crippen molar-refractivity contribution >= 4 is 39.5 Å². The number of nitrogens with one attached hydrogen (secondary N) is 1. The highest BCUT2D eigenvalue weighted by Crippen LogP contribution is 2.40. The van der Waals surface area contributed by atoms with Gasteiger partial charge in [-0.05, 0) is 30.9 Å². The number of para-hydroxylation sites is 1. The fraction of sp³-hybridized carbons (Fsp3) is 0.188. The maximum atomic E-state index is 11.3. The monoisotopic (exact) mass is 285 g/mol. The highest BCUT2D eigenvalue weighted by Gasteiger charge is 2.16. The minimum atomic E-state index is -0.296. The van der Waals surface area contributed by atoms with Gasteiger partial charge in [0.1, 0.15) is 5.75 Å². The number of esters is 1. The van der Waals surface area contributed by atoms with Gasteiger partial charge in [0, 0.05) is 23.2 Å². The third-order valence-corrected chi connectivity index (χ3v) is 4.17. The van der Waals surface area contributed by atoms with Crippen LogP contribution < -0.4 is 4.74 Å². The minimum absolute atomic E-state index is 0.296. The van der Waals surface area contributed by atoms with Gasteiger partial charge in [-0.3, -0.25) is 4.79 Å². The molecule has 0 amide bonds. The average molecular weight is 285 g/mol. The summed E-state index contributed by atoms with van der Waals surface area (Å²) in [5, 5.41) is 2.39. The van der Waals surface area contributed by atoms with Crippen LogP contribution in [-0.4, -0.2) is 17.2 Å². The summed E-state index contributed by atoms with van der Waals surface area (Å²) in [5.41, 5.74) is 3.24. The van der Waals surface area contributed by atoms with Crippen LogP contribution in [0.1, 0.15) is 12.5 Å². The van der Waals surface area contributed by atoms with Crippen molar-refractivity contribution in [2.75, 3.05) is 6.26 Å². The molecule has 0 saturated heterocycles. The number of benzene rings is 2. The summed E-state index contributed by atoms with van der Waals surface area (Å²) in [5.74, 6) is 0.330. The van der Waals surface area contributed by atoms with Crippen LogP contribution in [0, 0.1) is 6.92 Å². The average Bonchev–Trinajstić information content (AvgIpc) is 2.77. The normalized spacial score (nSPS) is 11.2. The van der Waals surface area contributed by atoms with E-state index in [0.29, 0.717) is 5.75 Å². The van der Waals surface area contributed by atoms with Gasteiger partial charge in [0.25, 0.3) is 0 Å². The summed E-state index contributed by atoms with van der Waals surface area (Å²) in [6, 6.07) is 10.2. The van der Waals surface area contributed by atoms with E-state index in [1.807, 2.05) is 31.4 Å². The summed E-state index contributed by atoms with van der Waals surface area (Å²) < 4.78 is 5.34. The molecule has 0 aliphatic carbocycles. The smallest absolute Gasteiger partial charge is 0.308 e. The first kappa shape index (κ1) is 13.1. The fourth-order valence-corrected chi connectivity index (χ4v) is 3.27. The van der Waals surface area contributed by atoms with Gasteiger partial charge in [-0.1, -0.05) is 18.2 Å². The van der Waals surface area contributed by atoms with E-state index in [9.17, 15) is 4.79 Å². The van der Waals surface area contributed by atoms with Crippen LogP contribution in [0.3, 0.4) is 0 Å². The largest absolute Gasteiger partial charge is 0.425 e. The van der Waals surface area contributed by atoms with E-state index >= 15 is 0 Å². The number of fused-ring (bicyclic) bond motifs is 3. The van der Waals surface area contributed by atoms with Gasteiger partial charge in [-0.15, -0.1) is 11.8 Å². The fourth-order valence-electron chi connectivity index (χ4n) is 2.61. The molecular formula is C16H15NO2S. The van der Waals surface area contributed by atoms with Crippen molar-refractivity contribution in [1.29, 1.82) is 0 Å². The van der Waals surface area contributed by atoms with E-state index in [2.05, 4.69) is 17.1 Å². The third kappa shape index (κ3) is 1.96. The molecule has 102 valence electrons. The number of aryl methyl sites for hydroxylation is 1. The van der Waals surface area contributed by atoms with Crippen molar-refractivity contribution in [2.24, 2.45) is 0 Å². The van der Waals surface area contributed by atoms with E-state index in [4.69, 9.17) is 4.74 Å². The van der Waals surface area contributed by atoms with Gasteiger partial charge in [-0.2, -0.15) is 0 Å². The minimum Gasteiger partial charge on any atom is -0.425 e. The predicted molar refractivity (Wildman–Crippen MR) is 83.6 cm³/mol. The topological polar surface area (TPSA) is 42.1 Å². The first-order valence-electron chi connectivity index (χ1n) is 6.38. The Balaban J connectivity index is 2.41.